The third-order valence-electron chi connectivity index (χ3n) is 2.63. The average molecular weight is 222 g/mol. The predicted octanol–water partition coefficient (Wildman–Crippen LogP) is 2.50. The molecule has 16 heavy (non-hydrogen) atoms. The van der Waals surface area contributed by atoms with Crippen LogP contribution in [0.4, 0.5) is 15.8 Å². The Morgan fingerprint density at radius 2 is 2.25 bits per heavy atom. The maximum absolute atomic E-state index is 13.6. The van der Waals surface area contributed by atoms with Gasteiger partial charge in [-0.05, 0) is 12.5 Å². The van der Waals surface area contributed by atoms with Crippen molar-refractivity contribution in [3.63, 3.8) is 0 Å². The molecule has 4 nitrogen and oxygen atoms in total. The first-order valence-electron chi connectivity index (χ1n) is 4.93. The molecule has 0 bridgehead atoms. The summed E-state index contributed by atoms with van der Waals surface area (Å²) < 4.78 is 13.6. The molecule has 0 N–H and O–H groups in total. The van der Waals surface area contributed by atoms with Gasteiger partial charge < -0.3 is 4.90 Å². The Kier molecular flexibility index (Phi) is 2.60. The van der Waals surface area contributed by atoms with Crippen LogP contribution in [0.2, 0.25) is 0 Å². The smallest absolute Gasteiger partial charge is 0.272 e. The van der Waals surface area contributed by atoms with Crippen LogP contribution in [-0.2, 0) is 0 Å². The number of halogens is 1. The maximum atomic E-state index is 13.6. The summed E-state index contributed by atoms with van der Waals surface area (Å²) in [7, 11) is 0. The lowest BCUT2D eigenvalue weighted by atomic mass is 10.2. The van der Waals surface area contributed by atoms with Gasteiger partial charge in [0.05, 0.1) is 16.7 Å². The van der Waals surface area contributed by atoms with Crippen LogP contribution in [0.25, 0.3) is 0 Å². The van der Waals surface area contributed by atoms with Crippen LogP contribution in [0.5, 0.6) is 0 Å². The van der Waals surface area contributed by atoms with Gasteiger partial charge in [-0.2, -0.15) is 0 Å². The lowest BCUT2D eigenvalue weighted by molar-refractivity contribution is -0.385. The van der Waals surface area contributed by atoms with E-state index in [0.29, 0.717) is 18.8 Å². The molecule has 1 aliphatic rings. The van der Waals surface area contributed by atoms with E-state index in [9.17, 15) is 14.5 Å². The first kappa shape index (κ1) is 10.6. The van der Waals surface area contributed by atoms with Crippen LogP contribution < -0.4 is 4.90 Å². The summed E-state index contributed by atoms with van der Waals surface area (Å²) in [4.78, 5) is 11.7. The number of non-ortho nitro benzene ring substituents is 1. The molecule has 0 aromatic heterocycles. The van der Waals surface area contributed by atoms with Crippen LogP contribution in [0, 0.1) is 15.9 Å². The van der Waals surface area contributed by atoms with Crippen molar-refractivity contribution in [1.29, 1.82) is 0 Å². The molecule has 0 saturated carbocycles. The minimum Gasteiger partial charge on any atom is -0.365 e. The Morgan fingerprint density at radius 3 is 2.75 bits per heavy atom. The zero-order chi connectivity index (χ0) is 11.7. The van der Waals surface area contributed by atoms with Crippen LogP contribution in [0.1, 0.15) is 6.42 Å². The highest BCUT2D eigenvalue weighted by molar-refractivity contribution is 5.54. The Balaban J connectivity index is 2.29. The van der Waals surface area contributed by atoms with E-state index in [1.807, 2.05) is 4.90 Å². The van der Waals surface area contributed by atoms with Crippen molar-refractivity contribution >= 4 is 11.4 Å². The van der Waals surface area contributed by atoms with Crippen molar-refractivity contribution in [2.75, 3.05) is 18.0 Å². The topological polar surface area (TPSA) is 46.4 Å². The second kappa shape index (κ2) is 3.92. The first-order valence-corrected chi connectivity index (χ1v) is 4.93. The molecule has 0 atom stereocenters. The summed E-state index contributed by atoms with van der Waals surface area (Å²) in [6.07, 6.45) is 0.844. The summed E-state index contributed by atoms with van der Waals surface area (Å²) in [5.74, 6) is -0.552. The van der Waals surface area contributed by atoms with Crippen molar-refractivity contribution < 1.29 is 9.31 Å². The highest BCUT2D eigenvalue weighted by atomic mass is 19.1. The number of anilines is 1. The second-order valence-electron chi connectivity index (χ2n) is 3.81. The fraction of sp³-hybridized carbons (Fsp3) is 0.273. The van der Waals surface area contributed by atoms with Gasteiger partial charge >= 0.3 is 0 Å². The highest BCUT2D eigenvalue weighted by Gasteiger charge is 2.20. The lowest BCUT2D eigenvalue weighted by Crippen LogP contribution is -2.19. The number of hydrogen-bond donors (Lipinski definition) is 0. The molecule has 0 aliphatic carbocycles. The van der Waals surface area contributed by atoms with E-state index in [1.165, 1.54) is 12.1 Å². The summed E-state index contributed by atoms with van der Waals surface area (Å²) in [5.41, 5.74) is 1.24. The number of nitro benzene ring substituents is 1. The summed E-state index contributed by atoms with van der Waals surface area (Å²) >= 11 is 0. The van der Waals surface area contributed by atoms with E-state index >= 15 is 0 Å². The first-order chi connectivity index (χ1) is 7.58. The normalized spacial score (nSPS) is 15.6. The average Bonchev–Trinajstić information content (AvgIpc) is 2.64. The summed E-state index contributed by atoms with van der Waals surface area (Å²) in [6, 6.07) is 3.72. The van der Waals surface area contributed by atoms with Crippen LogP contribution in [0.15, 0.2) is 30.4 Å². The van der Waals surface area contributed by atoms with Crippen LogP contribution in [0.3, 0.4) is 0 Å². The van der Waals surface area contributed by atoms with E-state index < -0.39 is 10.7 Å². The number of rotatable bonds is 2. The molecule has 1 aliphatic heterocycles. The van der Waals surface area contributed by atoms with Crippen molar-refractivity contribution in [2.24, 2.45) is 0 Å². The number of benzene rings is 1. The van der Waals surface area contributed by atoms with E-state index in [4.69, 9.17) is 0 Å². The van der Waals surface area contributed by atoms with E-state index in [0.717, 1.165) is 18.1 Å². The zero-order valence-corrected chi connectivity index (χ0v) is 8.65. The fourth-order valence-electron chi connectivity index (χ4n) is 1.79. The SMILES string of the molecule is C=C1CCN(c2ccc([N+](=O)[O-])cc2F)C1. The molecule has 1 heterocycles. The molecular weight excluding hydrogens is 211 g/mol. The van der Waals surface area contributed by atoms with Gasteiger partial charge in [0.1, 0.15) is 0 Å². The molecule has 1 fully saturated rings. The van der Waals surface area contributed by atoms with Gasteiger partial charge in [-0.1, -0.05) is 12.2 Å². The zero-order valence-electron chi connectivity index (χ0n) is 8.65. The van der Waals surface area contributed by atoms with Gasteiger partial charge in [0.2, 0.25) is 0 Å². The number of nitrogens with zero attached hydrogens (tertiary/aromatic N) is 2. The van der Waals surface area contributed by atoms with Crippen molar-refractivity contribution in [3.8, 4) is 0 Å². The fourth-order valence-corrected chi connectivity index (χ4v) is 1.79. The monoisotopic (exact) mass is 222 g/mol. The van der Waals surface area contributed by atoms with Crippen molar-refractivity contribution in [2.45, 2.75) is 6.42 Å². The molecule has 84 valence electrons. The Morgan fingerprint density at radius 1 is 1.50 bits per heavy atom. The highest BCUT2D eigenvalue weighted by Crippen LogP contribution is 2.27. The minimum atomic E-state index is -0.601. The summed E-state index contributed by atoms with van der Waals surface area (Å²) in [6.45, 7) is 5.17. The molecule has 0 spiro atoms. The van der Waals surface area contributed by atoms with Gasteiger partial charge in [-0.15, -0.1) is 0 Å². The van der Waals surface area contributed by atoms with Crippen molar-refractivity contribution in [3.05, 3.63) is 46.3 Å². The third kappa shape index (κ3) is 1.88. The van der Waals surface area contributed by atoms with Gasteiger partial charge in [0.15, 0.2) is 5.82 Å². The van der Waals surface area contributed by atoms with E-state index in [1.54, 1.807) is 0 Å². The second-order valence-corrected chi connectivity index (χ2v) is 3.81. The molecule has 0 amide bonds. The maximum Gasteiger partial charge on any atom is 0.272 e. The third-order valence-corrected chi connectivity index (χ3v) is 2.63. The molecule has 0 radical (unpaired) electrons. The van der Waals surface area contributed by atoms with Gasteiger partial charge in [0.25, 0.3) is 5.69 Å². The lowest BCUT2D eigenvalue weighted by Gasteiger charge is -2.17. The Labute approximate surface area is 92.1 Å². The van der Waals surface area contributed by atoms with Crippen LogP contribution >= 0.6 is 0 Å². The standard InChI is InChI=1S/C11H11FN2O2/c1-8-4-5-13(7-8)11-3-2-9(14(15)16)6-10(11)12/h2-3,6H,1,4-5,7H2. The molecule has 1 aromatic rings. The molecular formula is C11H11FN2O2. The molecule has 5 heteroatoms. The minimum absolute atomic E-state index is 0.223. The quantitative estimate of drug-likeness (QED) is 0.438. The summed E-state index contributed by atoms with van der Waals surface area (Å²) in [5, 5.41) is 10.4. The van der Waals surface area contributed by atoms with Crippen LogP contribution in [-0.4, -0.2) is 18.0 Å². The molecule has 0 unspecified atom stereocenters. The van der Waals surface area contributed by atoms with Crippen molar-refractivity contribution in [1.82, 2.24) is 0 Å². The molecule has 1 aromatic carbocycles. The van der Waals surface area contributed by atoms with Gasteiger partial charge in [-0.3, -0.25) is 10.1 Å². The number of nitro groups is 1. The largest absolute Gasteiger partial charge is 0.365 e. The molecule has 1 saturated heterocycles. The van der Waals surface area contributed by atoms with Gasteiger partial charge in [0, 0.05) is 19.2 Å². The number of hydrogen-bond acceptors (Lipinski definition) is 3. The predicted molar refractivity (Wildman–Crippen MR) is 59.0 cm³/mol. The Bertz CT molecular complexity index is 459. The van der Waals surface area contributed by atoms with Gasteiger partial charge in [-0.25, -0.2) is 4.39 Å². The van der Waals surface area contributed by atoms with E-state index in [2.05, 4.69) is 6.58 Å². The molecule has 2 rings (SSSR count). The Hall–Kier alpha value is -1.91. The van der Waals surface area contributed by atoms with E-state index in [-0.39, 0.29) is 5.69 Å².